The minimum atomic E-state index is -1.26. The molecule has 0 aliphatic carbocycles. The number of fused-ring (bicyclic) bond motifs is 1. The first-order chi connectivity index (χ1) is 15.0. The molecule has 2 aromatic rings. The number of carbonyl (C=O) groups is 3. The Kier molecular flexibility index (Phi) is 5.90. The van der Waals surface area contributed by atoms with Gasteiger partial charge in [-0.2, -0.15) is 11.8 Å². The predicted molar refractivity (Wildman–Crippen MR) is 121 cm³/mol. The molecule has 2 aromatic carbocycles. The second kappa shape index (κ2) is 8.48. The number of thioether (sulfide) groups is 1. The van der Waals surface area contributed by atoms with Gasteiger partial charge in [0.2, 0.25) is 11.8 Å². The number of imide groups is 1. The lowest BCUT2D eigenvalue weighted by molar-refractivity contribution is -0.152. The van der Waals surface area contributed by atoms with Crippen LogP contribution in [-0.4, -0.2) is 42.4 Å². The van der Waals surface area contributed by atoms with Crippen molar-refractivity contribution in [1.29, 1.82) is 0 Å². The Morgan fingerprint density at radius 2 is 1.77 bits per heavy atom. The van der Waals surface area contributed by atoms with Crippen LogP contribution in [0, 0.1) is 18.8 Å². The molecule has 2 aliphatic rings. The van der Waals surface area contributed by atoms with Crippen LogP contribution in [0.4, 0.5) is 5.69 Å². The average Bonchev–Trinajstić information content (AvgIpc) is 3.27. The number of esters is 1. The Morgan fingerprint density at radius 3 is 2.42 bits per heavy atom. The van der Waals surface area contributed by atoms with E-state index in [1.807, 2.05) is 43.5 Å². The molecule has 6 nitrogen and oxygen atoms in total. The molecular weight excluding hydrogens is 412 g/mol. The molecule has 4 rings (SSSR count). The SMILES string of the molecule is COC(=O)[C@@]1(CCSC)N[C@H](c2ccccc2C)[C@@H]2C(=O)N(c3ccccc3)C(=O)[C@H]21. The first-order valence-corrected chi connectivity index (χ1v) is 11.7. The van der Waals surface area contributed by atoms with Crippen molar-refractivity contribution in [2.75, 3.05) is 24.0 Å². The van der Waals surface area contributed by atoms with Crippen molar-refractivity contribution in [2.45, 2.75) is 24.9 Å². The van der Waals surface area contributed by atoms with Gasteiger partial charge in [-0.1, -0.05) is 42.5 Å². The molecule has 7 heteroatoms. The molecule has 2 aliphatic heterocycles. The van der Waals surface area contributed by atoms with E-state index in [9.17, 15) is 14.4 Å². The van der Waals surface area contributed by atoms with E-state index in [4.69, 9.17) is 4.74 Å². The molecular formula is C24H26N2O4S. The van der Waals surface area contributed by atoms with Gasteiger partial charge in [-0.25, -0.2) is 4.90 Å². The van der Waals surface area contributed by atoms with Crippen LogP contribution in [0.25, 0.3) is 0 Å². The Labute approximate surface area is 186 Å². The molecule has 2 saturated heterocycles. The van der Waals surface area contributed by atoms with E-state index in [1.54, 1.807) is 36.0 Å². The number of benzene rings is 2. The third kappa shape index (κ3) is 3.36. The maximum absolute atomic E-state index is 13.7. The maximum atomic E-state index is 13.7. The Morgan fingerprint density at radius 1 is 1.10 bits per heavy atom. The molecule has 31 heavy (non-hydrogen) atoms. The zero-order valence-corrected chi connectivity index (χ0v) is 18.6. The van der Waals surface area contributed by atoms with E-state index in [1.165, 1.54) is 12.0 Å². The number of amides is 2. The summed E-state index contributed by atoms with van der Waals surface area (Å²) in [5.74, 6) is -1.99. The van der Waals surface area contributed by atoms with Gasteiger partial charge in [-0.15, -0.1) is 0 Å². The lowest BCUT2D eigenvalue weighted by atomic mass is 9.77. The third-order valence-electron chi connectivity index (χ3n) is 6.44. The summed E-state index contributed by atoms with van der Waals surface area (Å²) in [5, 5.41) is 3.43. The Bertz CT molecular complexity index is 1010. The van der Waals surface area contributed by atoms with Crippen LogP contribution in [0.5, 0.6) is 0 Å². The summed E-state index contributed by atoms with van der Waals surface area (Å²) < 4.78 is 5.19. The van der Waals surface area contributed by atoms with Crippen LogP contribution >= 0.6 is 11.8 Å². The minimum Gasteiger partial charge on any atom is -0.468 e. The number of anilines is 1. The molecule has 162 valence electrons. The minimum absolute atomic E-state index is 0.281. The zero-order valence-electron chi connectivity index (χ0n) is 17.8. The molecule has 0 unspecified atom stereocenters. The summed E-state index contributed by atoms with van der Waals surface area (Å²) >= 11 is 1.59. The van der Waals surface area contributed by atoms with E-state index < -0.39 is 29.4 Å². The number of carbonyl (C=O) groups excluding carboxylic acids is 3. The maximum Gasteiger partial charge on any atom is 0.326 e. The van der Waals surface area contributed by atoms with Gasteiger partial charge < -0.3 is 4.74 Å². The van der Waals surface area contributed by atoms with E-state index >= 15 is 0 Å². The summed E-state index contributed by atoms with van der Waals surface area (Å²) in [4.78, 5) is 41.8. The first-order valence-electron chi connectivity index (χ1n) is 10.3. The number of hydrogen-bond acceptors (Lipinski definition) is 6. The van der Waals surface area contributed by atoms with Crippen LogP contribution in [0.15, 0.2) is 54.6 Å². The van der Waals surface area contributed by atoms with Gasteiger partial charge in [0.1, 0.15) is 5.54 Å². The first kappa shape index (κ1) is 21.6. The van der Waals surface area contributed by atoms with Gasteiger partial charge in [-0.05, 0) is 48.6 Å². The van der Waals surface area contributed by atoms with Gasteiger partial charge in [0.05, 0.1) is 24.6 Å². The number of rotatable bonds is 6. The second-order valence-corrected chi connectivity index (χ2v) is 9.02. The fourth-order valence-corrected chi connectivity index (χ4v) is 5.53. The third-order valence-corrected chi connectivity index (χ3v) is 7.05. The number of aryl methyl sites for hydroxylation is 1. The van der Waals surface area contributed by atoms with Crippen LogP contribution in [0.1, 0.15) is 23.6 Å². The molecule has 1 N–H and O–H groups in total. The summed E-state index contributed by atoms with van der Waals surface area (Å²) in [6.07, 6.45) is 2.35. The van der Waals surface area contributed by atoms with Crippen LogP contribution < -0.4 is 10.2 Å². The summed E-state index contributed by atoms with van der Waals surface area (Å²) in [7, 11) is 1.33. The van der Waals surface area contributed by atoms with Gasteiger partial charge in [-0.3, -0.25) is 19.7 Å². The predicted octanol–water partition coefficient (Wildman–Crippen LogP) is 3.11. The largest absolute Gasteiger partial charge is 0.468 e. The molecule has 0 saturated carbocycles. The molecule has 2 amide bonds. The lowest BCUT2D eigenvalue weighted by Gasteiger charge is -2.32. The molecule has 4 atom stereocenters. The zero-order chi connectivity index (χ0) is 22.2. The highest BCUT2D eigenvalue weighted by atomic mass is 32.2. The average molecular weight is 439 g/mol. The van der Waals surface area contributed by atoms with Crippen molar-refractivity contribution in [1.82, 2.24) is 5.32 Å². The number of ether oxygens (including phenoxy) is 1. The van der Waals surface area contributed by atoms with Gasteiger partial charge in [0, 0.05) is 6.04 Å². The van der Waals surface area contributed by atoms with Crippen molar-refractivity contribution in [3.05, 3.63) is 65.7 Å². The number of hydrogen-bond donors (Lipinski definition) is 1. The molecule has 0 aromatic heterocycles. The van der Waals surface area contributed by atoms with Gasteiger partial charge in [0.15, 0.2) is 0 Å². The van der Waals surface area contributed by atoms with Crippen LogP contribution in [0.2, 0.25) is 0 Å². The fourth-order valence-electron chi connectivity index (χ4n) is 5.00. The van der Waals surface area contributed by atoms with Crippen LogP contribution in [-0.2, 0) is 19.1 Å². The highest BCUT2D eigenvalue weighted by Gasteiger charge is 2.68. The number of para-hydroxylation sites is 1. The van der Waals surface area contributed by atoms with E-state index in [0.29, 0.717) is 17.9 Å². The van der Waals surface area contributed by atoms with Gasteiger partial charge >= 0.3 is 5.97 Å². The summed E-state index contributed by atoms with van der Waals surface area (Å²) in [6.45, 7) is 1.97. The monoisotopic (exact) mass is 438 g/mol. The molecule has 2 fully saturated rings. The molecule has 0 bridgehead atoms. The number of nitrogens with zero attached hydrogens (tertiary/aromatic N) is 1. The topological polar surface area (TPSA) is 75.7 Å². The quantitative estimate of drug-likeness (QED) is 0.552. The molecule has 2 heterocycles. The number of methoxy groups -OCH3 is 1. The van der Waals surface area contributed by atoms with Crippen molar-refractivity contribution in [2.24, 2.45) is 11.8 Å². The standard InChI is InChI=1S/C24H26N2O4S/c1-15-9-7-8-12-17(15)20-18-19(24(25-20,13-14-31-3)23(29)30-2)22(28)26(21(18)27)16-10-5-4-6-11-16/h4-12,18-20,25H,13-14H2,1-3H3/t18-,19+,20-,24+/m1/s1. The summed E-state index contributed by atoms with van der Waals surface area (Å²) in [5.41, 5.74) is 1.19. The normalized spacial score (nSPS) is 27.5. The summed E-state index contributed by atoms with van der Waals surface area (Å²) in [6, 6.07) is 16.2. The van der Waals surface area contributed by atoms with Crippen molar-refractivity contribution < 1.29 is 19.1 Å². The van der Waals surface area contributed by atoms with Crippen LogP contribution in [0.3, 0.4) is 0 Å². The molecule has 0 radical (unpaired) electrons. The van der Waals surface area contributed by atoms with E-state index in [-0.39, 0.29) is 11.8 Å². The second-order valence-electron chi connectivity index (χ2n) is 8.04. The smallest absolute Gasteiger partial charge is 0.326 e. The Balaban J connectivity index is 1.88. The van der Waals surface area contributed by atoms with Crippen molar-refractivity contribution >= 4 is 35.2 Å². The highest BCUT2D eigenvalue weighted by Crippen LogP contribution is 2.51. The van der Waals surface area contributed by atoms with Gasteiger partial charge in [0.25, 0.3) is 0 Å². The lowest BCUT2D eigenvalue weighted by Crippen LogP contribution is -2.56. The fraction of sp³-hybridized carbons (Fsp3) is 0.375. The molecule has 0 spiro atoms. The van der Waals surface area contributed by atoms with E-state index in [2.05, 4.69) is 5.32 Å². The van der Waals surface area contributed by atoms with E-state index in [0.717, 1.165) is 11.1 Å². The highest BCUT2D eigenvalue weighted by molar-refractivity contribution is 7.98. The Hall–Kier alpha value is -2.64. The number of nitrogens with one attached hydrogen (secondary N) is 1. The van der Waals surface area contributed by atoms with Crippen molar-refractivity contribution in [3.8, 4) is 0 Å². The van der Waals surface area contributed by atoms with Crippen molar-refractivity contribution in [3.63, 3.8) is 0 Å².